The lowest BCUT2D eigenvalue weighted by atomic mass is 9.86. The van der Waals surface area contributed by atoms with Gasteiger partial charge in [0.05, 0.1) is 12.1 Å². The van der Waals surface area contributed by atoms with Crippen LogP contribution in [0.1, 0.15) is 43.9 Å². The zero-order valence-electron chi connectivity index (χ0n) is 15.4. The summed E-state index contributed by atoms with van der Waals surface area (Å²) in [6, 6.07) is 8.72. The average molecular weight is 368 g/mol. The molecule has 1 saturated carbocycles. The molecule has 1 N–H and O–H groups in total. The van der Waals surface area contributed by atoms with Crippen LogP contribution in [0.25, 0.3) is 16.2 Å². The number of carbonyl (C=O) groups is 1. The van der Waals surface area contributed by atoms with E-state index >= 15 is 0 Å². The fraction of sp³-hybridized carbons (Fsp3) is 0.429. The van der Waals surface area contributed by atoms with Crippen molar-refractivity contribution in [3.8, 4) is 11.3 Å². The SMILES string of the molecule is Cc1ccc(-c2cn3c(CC(=O)NC4CCCCC4C)csc3n2)cc1. The van der Waals surface area contributed by atoms with E-state index in [1.807, 2.05) is 11.6 Å². The van der Waals surface area contributed by atoms with Crippen molar-refractivity contribution in [3.63, 3.8) is 0 Å². The summed E-state index contributed by atoms with van der Waals surface area (Å²) in [5, 5.41) is 5.30. The van der Waals surface area contributed by atoms with Gasteiger partial charge >= 0.3 is 0 Å². The summed E-state index contributed by atoms with van der Waals surface area (Å²) >= 11 is 1.59. The Bertz CT molecular complexity index is 909. The number of hydrogen-bond acceptors (Lipinski definition) is 3. The van der Waals surface area contributed by atoms with Gasteiger partial charge in [0.25, 0.3) is 0 Å². The maximum Gasteiger partial charge on any atom is 0.226 e. The third-order valence-corrected chi connectivity index (χ3v) is 6.32. The van der Waals surface area contributed by atoms with Crippen molar-refractivity contribution in [1.29, 1.82) is 0 Å². The third-order valence-electron chi connectivity index (χ3n) is 5.43. The summed E-state index contributed by atoms with van der Waals surface area (Å²) in [4.78, 5) is 18.2. The number of nitrogens with one attached hydrogen (secondary N) is 1. The minimum atomic E-state index is 0.119. The molecule has 1 fully saturated rings. The monoisotopic (exact) mass is 367 g/mol. The van der Waals surface area contributed by atoms with Crippen molar-refractivity contribution < 1.29 is 4.79 Å². The van der Waals surface area contributed by atoms with E-state index in [0.29, 0.717) is 18.4 Å². The smallest absolute Gasteiger partial charge is 0.226 e. The van der Waals surface area contributed by atoms with E-state index < -0.39 is 0 Å². The first kappa shape index (κ1) is 17.3. The van der Waals surface area contributed by atoms with Gasteiger partial charge < -0.3 is 5.32 Å². The molecule has 1 amide bonds. The summed E-state index contributed by atoms with van der Waals surface area (Å²) in [7, 11) is 0. The van der Waals surface area contributed by atoms with Crippen LogP contribution in [0.4, 0.5) is 0 Å². The van der Waals surface area contributed by atoms with Crippen LogP contribution in [0.5, 0.6) is 0 Å². The van der Waals surface area contributed by atoms with Gasteiger partial charge in [-0.25, -0.2) is 4.98 Å². The van der Waals surface area contributed by atoms with Gasteiger partial charge in [0.1, 0.15) is 0 Å². The van der Waals surface area contributed by atoms with Gasteiger partial charge in [0.15, 0.2) is 4.96 Å². The molecule has 1 aromatic carbocycles. The van der Waals surface area contributed by atoms with Crippen LogP contribution in [0, 0.1) is 12.8 Å². The Balaban J connectivity index is 1.50. The Morgan fingerprint density at radius 2 is 2.04 bits per heavy atom. The number of benzene rings is 1. The number of carbonyl (C=O) groups excluding carboxylic acids is 1. The maximum absolute atomic E-state index is 12.5. The van der Waals surface area contributed by atoms with Crippen molar-refractivity contribution in [3.05, 3.63) is 47.1 Å². The largest absolute Gasteiger partial charge is 0.353 e. The number of aromatic nitrogens is 2. The predicted octanol–water partition coefficient (Wildman–Crippen LogP) is 4.61. The van der Waals surface area contributed by atoms with Gasteiger partial charge in [0.2, 0.25) is 5.91 Å². The molecule has 0 saturated heterocycles. The normalized spacial score (nSPS) is 20.4. The number of rotatable bonds is 4. The lowest BCUT2D eigenvalue weighted by Gasteiger charge is -2.29. The van der Waals surface area contributed by atoms with Gasteiger partial charge in [-0.2, -0.15) is 0 Å². The molecule has 2 atom stereocenters. The Morgan fingerprint density at radius 3 is 2.81 bits per heavy atom. The van der Waals surface area contributed by atoms with E-state index in [-0.39, 0.29) is 5.91 Å². The molecular formula is C21H25N3OS. The van der Waals surface area contributed by atoms with Gasteiger partial charge in [-0.15, -0.1) is 11.3 Å². The molecule has 5 heteroatoms. The quantitative estimate of drug-likeness (QED) is 0.732. The van der Waals surface area contributed by atoms with Crippen molar-refractivity contribution in [2.45, 2.75) is 52.0 Å². The Morgan fingerprint density at radius 1 is 1.27 bits per heavy atom. The number of nitrogens with zero attached hydrogens (tertiary/aromatic N) is 2. The summed E-state index contributed by atoms with van der Waals surface area (Å²) in [5.41, 5.74) is 4.32. The number of aryl methyl sites for hydroxylation is 1. The van der Waals surface area contributed by atoms with E-state index in [0.717, 1.165) is 28.3 Å². The summed E-state index contributed by atoms with van der Waals surface area (Å²) in [6.07, 6.45) is 7.29. The van der Waals surface area contributed by atoms with Gasteiger partial charge in [-0.3, -0.25) is 9.20 Å². The van der Waals surface area contributed by atoms with E-state index in [1.165, 1.54) is 24.8 Å². The molecule has 2 heterocycles. The van der Waals surface area contributed by atoms with Crippen molar-refractivity contribution in [2.75, 3.05) is 0 Å². The van der Waals surface area contributed by atoms with Gasteiger partial charge in [0, 0.05) is 28.9 Å². The highest BCUT2D eigenvalue weighted by atomic mass is 32.1. The second kappa shape index (κ2) is 7.23. The van der Waals surface area contributed by atoms with Crippen LogP contribution in [0.15, 0.2) is 35.8 Å². The standard InChI is InChI=1S/C21H25N3OS/c1-14-7-9-16(10-8-14)19-12-24-17(13-26-21(24)23-19)11-20(25)22-18-6-4-3-5-15(18)2/h7-10,12-13,15,18H,3-6,11H2,1-2H3,(H,22,25). The topological polar surface area (TPSA) is 46.4 Å². The molecule has 0 radical (unpaired) electrons. The van der Waals surface area contributed by atoms with Crippen molar-refractivity contribution >= 4 is 22.2 Å². The highest BCUT2D eigenvalue weighted by Crippen LogP contribution is 2.25. The third kappa shape index (κ3) is 3.54. The van der Waals surface area contributed by atoms with E-state index in [1.54, 1.807) is 11.3 Å². The van der Waals surface area contributed by atoms with E-state index in [4.69, 9.17) is 4.98 Å². The molecule has 2 unspecified atom stereocenters. The van der Waals surface area contributed by atoms with Crippen LogP contribution < -0.4 is 5.32 Å². The molecule has 3 aromatic rings. The molecular weight excluding hydrogens is 342 g/mol. The first-order valence-corrected chi connectivity index (χ1v) is 10.3. The molecule has 4 nitrogen and oxygen atoms in total. The molecule has 26 heavy (non-hydrogen) atoms. The summed E-state index contributed by atoms with van der Waals surface area (Å²) in [6.45, 7) is 4.33. The van der Waals surface area contributed by atoms with Crippen LogP contribution in [0.3, 0.4) is 0 Å². The molecule has 0 bridgehead atoms. The average Bonchev–Trinajstić information content (AvgIpc) is 3.20. The number of imidazole rings is 1. The summed E-state index contributed by atoms with van der Waals surface area (Å²) < 4.78 is 2.06. The Hall–Kier alpha value is -2.14. The lowest BCUT2D eigenvalue weighted by Crippen LogP contribution is -2.41. The first-order chi connectivity index (χ1) is 12.6. The molecule has 0 aliphatic heterocycles. The zero-order valence-corrected chi connectivity index (χ0v) is 16.2. The van der Waals surface area contributed by atoms with Crippen LogP contribution in [-0.4, -0.2) is 21.3 Å². The van der Waals surface area contributed by atoms with Crippen LogP contribution in [0.2, 0.25) is 0 Å². The van der Waals surface area contributed by atoms with Gasteiger partial charge in [-0.05, 0) is 25.7 Å². The fourth-order valence-corrected chi connectivity index (χ4v) is 4.65. The minimum Gasteiger partial charge on any atom is -0.353 e. The van der Waals surface area contributed by atoms with Crippen LogP contribution in [-0.2, 0) is 11.2 Å². The predicted molar refractivity (Wildman–Crippen MR) is 107 cm³/mol. The number of thiazole rings is 1. The van der Waals surface area contributed by atoms with E-state index in [2.05, 4.69) is 47.8 Å². The maximum atomic E-state index is 12.5. The highest BCUT2D eigenvalue weighted by Gasteiger charge is 2.23. The Labute approximate surface area is 158 Å². The number of fused-ring (bicyclic) bond motifs is 1. The molecule has 136 valence electrons. The second-order valence-electron chi connectivity index (χ2n) is 7.48. The first-order valence-electron chi connectivity index (χ1n) is 9.42. The number of amides is 1. The molecule has 1 aliphatic carbocycles. The Kier molecular flexibility index (Phi) is 4.81. The molecule has 2 aromatic heterocycles. The molecule has 1 aliphatic rings. The minimum absolute atomic E-state index is 0.119. The van der Waals surface area contributed by atoms with Crippen molar-refractivity contribution in [2.24, 2.45) is 5.92 Å². The van der Waals surface area contributed by atoms with Crippen LogP contribution >= 0.6 is 11.3 Å². The molecule has 0 spiro atoms. The highest BCUT2D eigenvalue weighted by molar-refractivity contribution is 7.15. The zero-order chi connectivity index (χ0) is 18.1. The molecule has 4 rings (SSSR count). The second-order valence-corrected chi connectivity index (χ2v) is 8.32. The van der Waals surface area contributed by atoms with Crippen molar-refractivity contribution in [1.82, 2.24) is 14.7 Å². The van der Waals surface area contributed by atoms with E-state index in [9.17, 15) is 4.79 Å². The lowest BCUT2D eigenvalue weighted by molar-refractivity contribution is -0.121. The fourth-order valence-electron chi connectivity index (χ4n) is 3.77. The summed E-state index contributed by atoms with van der Waals surface area (Å²) in [5.74, 6) is 0.700. The number of hydrogen-bond donors (Lipinski definition) is 1. The van der Waals surface area contributed by atoms with Gasteiger partial charge in [-0.1, -0.05) is 49.6 Å².